The molecule has 1 heterocycles. The molecule has 1 aliphatic carbocycles. The van der Waals surface area contributed by atoms with Crippen molar-refractivity contribution in [1.82, 2.24) is 0 Å². The maximum absolute atomic E-state index is 6.25. The minimum Gasteiger partial charge on any atom is -0.371 e. The van der Waals surface area contributed by atoms with E-state index in [1.54, 1.807) is 0 Å². The van der Waals surface area contributed by atoms with Gasteiger partial charge in [-0.3, -0.25) is 4.99 Å². The standard InChI is InChI=1S/C21H23Cl2N3/c22-16-12-18-19(13-17(16)23)26-21(10-6-1-2-7-11-21)20(25-18)24-14-15-8-4-3-5-9-15/h3-5,8-9,12-13,26H,1-2,6-7,10-11,14H2,(H,24,25). The van der Waals surface area contributed by atoms with Gasteiger partial charge in [-0.25, -0.2) is 0 Å². The number of amidine groups is 1. The first-order valence-electron chi connectivity index (χ1n) is 9.29. The molecule has 0 unspecified atom stereocenters. The van der Waals surface area contributed by atoms with E-state index in [-0.39, 0.29) is 5.54 Å². The summed E-state index contributed by atoms with van der Waals surface area (Å²) in [6, 6.07) is 14.2. The van der Waals surface area contributed by atoms with Crippen molar-refractivity contribution in [2.45, 2.75) is 50.6 Å². The van der Waals surface area contributed by atoms with E-state index in [4.69, 9.17) is 28.2 Å². The van der Waals surface area contributed by atoms with Crippen molar-refractivity contribution in [3.05, 3.63) is 58.1 Å². The number of rotatable bonds is 2. The van der Waals surface area contributed by atoms with E-state index in [1.807, 2.05) is 18.2 Å². The Morgan fingerprint density at radius 2 is 1.54 bits per heavy atom. The second kappa shape index (κ2) is 7.50. The molecule has 2 aromatic carbocycles. The van der Waals surface area contributed by atoms with Crippen LogP contribution in [-0.4, -0.2) is 11.4 Å². The van der Waals surface area contributed by atoms with E-state index < -0.39 is 0 Å². The van der Waals surface area contributed by atoms with Gasteiger partial charge in [-0.2, -0.15) is 0 Å². The highest BCUT2D eigenvalue weighted by atomic mass is 35.5. The van der Waals surface area contributed by atoms with Crippen LogP contribution < -0.4 is 10.6 Å². The largest absolute Gasteiger partial charge is 0.371 e. The van der Waals surface area contributed by atoms with E-state index in [1.165, 1.54) is 31.2 Å². The molecule has 5 heteroatoms. The fraction of sp³-hybridized carbons (Fsp3) is 0.381. The van der Waals surface area contributed by atoms with E-state index in [2.05, 4.69) is 34.9 Å². The van der Waals surface area contributed by atoms with Gasteiger partial charge in [-0.1, -0.05) is 79.2 Å². The van der Waals surface area contributed by atoms with Crippen molar-refractivity contribution >= 4 is 40.4 Å². The van der Waals surface area contributed by atoms with Crippen LogP contribution in [0, 0.1) is 0 Å². The Balaban J connectivity index is 1.71. The third kappa shape index (κ3) is 3.56. The molecule has 2 aliphatic rings. The van der Waals surface area contributed by atoms with Gasteiger partial charge in [0.2, 0.25) is 0 Å². The fourth-order valence-electron chi connectivity index (χ4n) is 3.96. The van der Waals surface area contributed by atoms with Crippen molar-refractivity contribution in [2.75, 3.05) is 10.6 Å². The number of nitrogens with zero attached hydrogens (tertiary/aromatic N) is 1. The molecule has 4 rings (SSSR count). The zero-order valence-electron chi connectivity index (χ0n) is 14.7. The van der Waals surface area contributed by atoms with Crippen molar-refractivity contribution in [3.63, 3.8) is 0 Å². The first-order chi connectivity index (χ1) is 12.7. The summed E-state index contributed by atoms with van der Waals surface area (Å²) in [5.74, 6) is 1.02. The van der Waals surface area contributed by atoms with Gasteiger partial charge in [0.15, 0.2) is 0 Å². The number of aliphatic imine (C=N–C) groups is 1. The highest BCUT2D eigenvalue weighted by molar-refractivity contribution is 6.42. The summed E-state index contributed by atoms with van der Waals surface area (Å²) < 4.78 is 0. The molecule has 0 saturated heterocycles. The predicted octanol–water partition coefficient (Wildman–Crippen LogP) is 6.52. The first-order valence-corrected chi connectivity index (χ1v) is 10.0. The van der Waals surface area contributed by atoms with E-state index in [9.17, 15) is 0 Å². The molecule has 0 aromatic heterocycles. The summed E-state index contributed by atoms with van der Waals surface area (Å²) in [6.07, 6.45) is 7.12. The Hall–Kier alpha value is -1.71. The van der Waals surface area contributed by atoms with Crippen molar-refractivity contribution in [2.24, 2.45) is 4.99 Å². The summed E-state index contributed by atoms with van der Waals surface area (Å²) in [5.41, 5.74) is 3.03. The number of benzene rings is 2. The van der Waals surface area contributed by atoms with Crippen molar-refractivity contribution in [3.8, 4) is 0 Å². The summed E-state index contributed by atoms with van der Waals surface area (Å²) in [7, 11) is 0. The molecular weight excluding hydrogens is 365 g/mol. The highest BCUT2D eigenvalue weighted by Crippen LogP contribution is 2.42. The molecule has 1 spiro atoms. The smallest absolute Gasteiger partial charge is 0.127 e. The maximum atomic E-state index is 6.25. The van der Waals surface area contributed by atoms with Crippen LogP contribution in [0.2, 0.25) is 10.0 Å². The average Bonchev–Trinajstić information content (AvgIpc) is 2.89. The predicted molar refractivity (Wildman–Crippen MR) is 112 cm³/mol. The monoisotopic (exact) mass is 387 g/mol. The zero-order chi connectivity index (χ0) is 18.0. The minimum absolute atomic E-state index is 0.143. The maximum Gasteiger partial charge on any atom is 0.127 e. The lowest BCUT2D eigenvalue weighted by molar-refractivity contribution is 0.524. The average molecular weight is 388 g/mol. The molecule has 0 radical (unpaired) electrons. The summed E-state index contributed by atoms with van der Waals surface area (Å²) in [5, 5.41) is 8.47. The number of hydrogen-bond donors (Lipinski definition) is 2. The Morgan fingerprint density at radius 1 is 0.885 bits per heavy atom. The SMILES string of the molecule is Clc1cc2c(cc1Cl)NC1(CCCCCC1)C(=NCc1ccccc1)N2. The van der Waals surface area contributed by atoms with Crippen LogP contribution in [0.5, 0.6) is 0 Å². The number of nitrogens with one attached hydrogen (secondary N) is 2. The van der Waals surface area contributed by atoms with Crippen LogP contribution in [0.4, 0.5) is 11.4 Å². The molecule has 0 atom stereocenters. The van der Waals surface area contributed by atoms with Gasteiger partial charge in [0, 0.05) is 0 Å². The van der Waals surface area contributed by atoms with Gasteiger partial charge >= 0.3 is 0 Å². The fourth-order valence-corrected chi connectivity index (χ4v) is 4.28. The Morgan fingerprint density at radius 3 is 2.23 bits per heavy atom. The molecule has 0 bridgehead atoms. The second-order valence-electron chi connectivity index (χ2n) is 7.21. The Labute approximate surface area is 164 Å². The molecule has 26 heavy (non-hydrogen) atoms. The second-order valence-corrected chi connectivity index (χ2v) is 8.02. The van der Waals surface area contributed by atoms with Crippen LogP contribution in [0.3, 0.4) is 0 Å². The van der Waals surface area contributed by atoms with Crippen LogP contribution in [0.15, 0.2) is 47.5 Å². The third-order valence-corrected chi connectivity index (χ3v) is 6.08. The van der Waals surface area contributed by atoms with Gasteiger partial charge in [-0.15, -0.1) is 0 Å². The number of fused-ring (bicyclic) bond motifs is 1. The zero-order valence-corrected chi connectivity index (χ0v) is 16.2. The molecule has 1 fully saturated rings. The first kappa shape index (κ1) is 17.7. The van der Waals surface area contributed by atoms with Crippen LogP contribution in [0.1, 0.15) is 44.1 Å². The van der Waals surface area contributed by atoms with Gasteiger partial charge < -0.3 is 10.6 Å². The van der Waals surface area contributed by atoms with Gasteiger partial charge in [-0.05, 0) is 30.5 Å². The van der Waals surface area contributed by atoms with Crippen LogP contribution in [0.25, 0.3) is 0 Å². The van der Waals surface area contributed by atoms with E-state index in [0.717, 1.165) is 30.1 Å². The molecule has 2 N–H and O–H groups in total. The number of hydrogen-bond acceptors (Lipinski definition) is 2. The molecule has 2 aromatic rings. The van der Waals surface area contributed by atoms with Crippen LogP contribution >= 0.6 is 23.2 Å². The lowest BCUT2D eigenvalue weighted by Gasteiger charge is -2.41. The molecule has 1 saturated carbocycles. The normalized spacial score (nSPS) is 20.2. The number of halogens is 2. The minimum atomic E-state index is -0.143. The molecule has 1 aliphatic heterocycles. The molecular formula is C21H23Cl2N3. The Bertz CT molecular complexity index is 810. The lowest BCUT2D eigenvalue weighted by Crippen LogP contribution is -2.52. The summed E-state index contributed by atoms with van der Waals surface area (Å²) >= 11 is 12.5. The Kier molecular flexibility index (Phi) is 5.10. The molecule has 136 valence electrons. The highest BCUT2D eigenvalue weighted by Gasteiger charge is 2.40. The van der Waals surface area contributed by atoms with Gasteiger partial charge in [0.25, 0.3) is 0 Å². The van der Waals surface area contributed by atoms with Crippen molar-refractivity contribution in [1.29, 1.82) is 0 Å². The van der Waals surface area contributed by atoms with E-state index >= 15 is 0 Å². The summed E-state index contributed by atoms with van der Waals surface area (Å²) in [6.45, 7) is 0.670. The van der Waals surface area contributed by atoms with E-state index in [0.29, 0.717) is 16.6 Å². The number of anilines is 2. The van der Waals surface area contributed by atoms with Gasteiger partial charge in [0.1, 0.15) is 5.84 Å². The third-order valence-electron chi connectivity index (χ3n) is 5.36. The molecule has 0 amide bonds. The summed E-state index contributed by atoms with van der Waals surface area (Å²) in [4.78, 5) is 4.99. The topological polar surface area (TPSA) is 36.4 Å². The molecule has 3 nitrogen and oxygen atoms in total. The lowest BCUT2D eigenvalue weighted by atomic mass is 9.86. The van der Waals surface area contributed by atoms with Gasteiger partial charge in [0.05, 0.1) is 33.5 Å². The quantitative estimate of drug-likeness (QED) is 0.614. The van der Waals surface area contributed by atoms with Crippen LogP contribution in [-0.2, 0) is 6.54 Å². The van der Waals surface area contributed by atoms with Crippen molar-refractivity contribution < 1.29 is 0 Å².